The molecular weight excluding hydrogens is 430 g/mol. The molecule has 3 rings (SSSR count). The molecule has 2 aromatic rings. The molecule has 166 valence electrons. The number of carbonyl (C=O) groups excluding carboxylic acids is 2. The lowest BCUT2D eigenvalue weighted by molar-refractivity contribution is -0.121. The van der Waals surface area contributed by atoms with Crippen LogP contribution >= 0.6 is 0 Å². The molecule has 0 atom stereocenters. The van der Waals surface area contributed by atoms with Crippen molar-refractivity contribution in [2.45, 2.75) is 17.9 Å². The van der Waals surface area contributed by atoms with E-state index in [1.165, 1.54) is 0 Å². The van der Waals surface area contributed by atoms with Gasteiger partial charge in [-0.05, 0) is 35.9 Å². The average molecular weight is 452 g/mol. The van der Waals surface area contributed by atoms with Crippen LogP contribution in [-0.4, -0.2) is 46.4 Å². The molecule has 0 saturated carbocycles. The third-order valence-corrected chi connectivity index (χ3v) is 6.13. The second-order valence-corrected chi connectivity index (χ2v) is 8.71. The second-order valence-electron chi connectivity index (χ2n) is 6.94. The van der Waals surface area contributed by atoms with E-state index < -0.39 is 26.6 Å². The first-order chi connectivity index (χ1) is 14.7. The van der Waals surface area contributed by atoms with Gasteiger partial charge in [-0.25, -0.2) is 21.9 Å². The number of piperazine rings is 1. The topological polar surface area (TPSA) is 108 Å². The molecular formula is C20H22F2N4O4S. The predicted molar refractivity (Wildman–Crippen MR) is 110 cm³/mol. The first kappa shape index (κ1) is 22.6. The summed E-state index contributed by atoms with van der Waals surface area (Å²) in [5.74, 6) is -2.81. The fourth-order valence-electron chi connectivity index (χ4n) is 3.00. The van der Waals surface area contributed by atoms with Gasteiger partial charge in [0.1, 0.15) is 0 Å². The van der Waals surface area contributed by atoms with E-state index in [0.717, 1.165) is 29.9 Å². The molecule has 11 heteroatoms. The van der Waals surface area contributed by atoms with Crippen LogP contribution in [0.3, 0.4) is 0 Å². The van der Waals surface area contributed by atoms with Gasteiger partial charge in [0.2, 0.25) is 21.8 Å². The number of nitrogens with zero attached hydrogens (tertiary/aromatic N) is 1. The van der Waals surface area contributed by atoms with Gasteiger partial charge in [0.15, 0.2) is 11.6 Å². The summed E-state index contributed by atoms with van der Waals surface area (Å²) in [6.07, 6.45) is -0.121. The van der Waals surface area contributed by atoms with Crippen LogP contribution in [0.1, 0.15) is 12.0 Å². The standard InChI is InChI=1S/C20H22F2N4O4S/c21-17-6-5-16(11-18(17)22)31(29,30)25-8-7-19(27)24-12-14-1-3-15(4-2-14)26-10-9-23-20(28)13-26/h1-6,11,25H,7-10,12-13H2,(H,23,28)(H,24,27). The summed E-state index contributed by atoms with van der Waals surface area (Å²) in [5.41, 5.74) is 1.76. The number of rotatable bonds is 8. The average Bonchev–Trinajstić information content (AvgIpc) is 2.74. The lowest BCUT2D eigenvalue weighted by Gasteiger charge is -2.28. The Morgan fingerprint density at radius 2 is 1.84 bits per heavy atom. The third kappa shape index (κ3) is 6.22. The van der Waals surface area contributed by atoms with Gasteiger partial charge < -0.3 is 15.5 Å². The molecule has 1 aliphatic rings. The summed E-state index contributed by atoms with van der Waals surface area (Å²) in [6, 6.07) is 9.67. The molecule has 2 amide bonds. The highest BCUT2D eigenvalue weighted by molar-refractivity contribution is 7.89. The number of hydrogen-bond acceptors (Lipinski definition) is 5. The second kappa shape index (κ2) is 9.84. The molecule has 2 aromatic carbocycles. The number of halogens is 2. The predicted octanol–water partition coefficient (Wildman–Crippen LogP) is 0.886. The van der Waals surface area contributed by atoms with Crippen molar-refractivity contribution in [3.8, 4) is 0 Å². The third-order valence-electron chi connectivity index (χ3n) is 4.68. The van der Waals surface area contributed by atoms with E-state index in [9.17, 15) is 26.8 Å². The summed E-state index contributed by atoms with van der Waals surface area (Å²) in [5, 5.41) is 5.45. The molecule has 1 heterocycles. The van der Waals surface area contributed by atoms with Crippen molar-refractivity contribution in [2.24, 2.45) is 0 Å². The molecule has 0 aliphatic carbocycles. The normalized spacial score (nSPS) is 14.3. The fraction of sp³-hybridized carbons (Fsp3) is 0.300. The highest BCUT2D eigenvalue weighted by Gasteiger charge is 2.17. The first-order valence-corrected chi connectivity index (χ1v) is 11.0. The van der Waals surface area contributed by atoms with Crippen molar-refractivity contribution >= 4 is 27.5 Å². The Hall–Kier alpha value is -3.05. The summed E-state index contributed by atoms with van der Waals surface area (Å²) in [6.45, 7) is 1.69. The Kier molecular flexibility index (Phi) is 7.18. The molecule has 3 N–H and O–H groups in total. The van der Waals surface area contributed by atoms with Crippen LogP contribution in [0.25, 0.3) is 0 Å². The molecule has 1 aliphatic heterocycles. The Morgan fingerprint density at radius 3 is 2.52 bits per heavy atom. The van der Waals surface area contributed by atoms with Crippen LogP contribution < -0.4 is 20.3 Å². The van der Waals surface area contributed by atoms with Crippen LogP contribution in [0.5, 0.6) is 0 Å². The maximum atomic E-state index is 13.2. The zero-order valence-corrected chi connectivity index (χ0v) is 17.3. The van der Waals surface area contributed by atoms with Gasteiger partial charge in [-0.2, -0.15) is 0 Å². The van der Waals surface area contributed by atoms with E-state index in [4.69, 9.17) is 0 Å². The van der Waals surface area contributed by atoms with Crippen LogP contribution in [-0.2, 0) is 26.2 Å². The van der Waals surface area contributed by atoms with E-state index in [1.807, 2.05) is 29.2 Å². The molecule has 8 nitrogen and oxygen atoms in total. The number of anilines is 1. The van der Waals surface area contributed by atoms with Crippen molar-refractivity contribution < 1.29 is 26.8 Å². The Balaban J connectivity index is 1.43. The minimum atomic E-state index is -4.05. The van der Waals surface area contributed by atoms with Gasteiger partial charge in [0, 0.05) is 38.3 Å². The van der Waals surface area contributed by atoms with E-state index in [1.54, 1.807) is 0 Å². The minimum absolute atomic E-state index is 0.0252. The van der Waals surface area contributed by atoms with Gasteiger partial charge in [-0.1, -0.05) is 12.1 Å². The zero-order chi connectivity index (χ0) is 22.4. The van der Waals surface area contributed by atoms with Crippen molar-refractivity contribution in [3.63, 3.8) is 0 Å². The highest BCUT2D eigenvalue weighted by atomic mass is 32.2. The number of sulfonamides is 1. The number of hydrogen-bond donors (Lipinski definition) is 3. The van der Waals surface area contributed by atoms with Crippen LogP contribution in [0, 0.1) is 11.6 Å². The molecule has 0 spiro atoms. The number of nitrogens with one attached hydrogen (secondary N) is 3. The molecule has 31 heavy (non-hydrogen) atoms. The molecule has 1 fully saturated rings. The van der Waals surface area contributed by atoms with Gasteiger partial charge in [-0.15, -0.1) is 0 Å². The number of amides is 2. The highest BCUT2D eigenvalue weighted by Crippen LogP contribution is 2.16. The fourth-order valence-corrected chi connectivity index (χ4v) is 4.04. The summed E-state index contributed by atoms with van der Waals surface area (Å²) < 4.78 is 52.5. The Bertz CT molecular complexity index is 1060. The lowest BCUT2D eigenvalue weighted by Crippen LogP contribution is -2.47. The maximum absolute atomic E-state index is 13.2. The SMILES string of the molecule is O=C(CCNS(=O)(=O)c1ccc(F)c(F)c1)NCc1ccc(N2CCNC(=O)C2)cc1. The van der Waals surface area contributed by atoms with Crippen molar-refractivity contribution in [1.29, 1.82) is 0 Å². The van der Waals surface area contributed by atoms with E-state index in [-0.39, 0.29) is 31.3 Å². The van der Waals surface area contributed by atoms with Gasteiger partial charge >= 0.3 is 0 Å². The van der Waals surface area contributed by atoms with Crippen LogP contribution in [0.2, 0.25) is 0 Å². The number of carbonyl (C=O) groups is 2. The van der Waals surface area contributed by atoms with Gasteiger partial charge in [0.05, 0.1) is 11.4 Å². The molecule has 0 aromatic heterocycles. The smallest absolute Gasteiger partial charge is 0.240 e. The largest absolute Gasteiger partial charge is 0.360 e. The van der Waals surface area contributed by atoms with Crippen molar-refractivity contribution in [3.05, 3.63) is 59.7 Å². The monoisotopic (exact) mass is 452 g/mol. The van der Waals surface area contributed by atoms with Crippen molar-refractivity contribution in [1.82, 2.24) is 15.4 Å². The van der Waals surface area contributed by atoms with Crippen LogP contribution in [0.15, 0.2) is 47.4 Å². The maximum Gasteiger partial charge on any atom is 0.240 e. The molecule has 0 bridgehead atoms. The van der Waals surface area contributed by atoms with Gasteiger partial charge in [0.25, 0.3) is 0 Å². The van der Waals surface area contributed by atoms with E-state index >= 15 is 0 Å². The van der Waals surface area contributed by atoms with Crippen molar-refractivity contribution in [2.75, 3.05) is 31.1 Å². The molecule has 0 radical (unpaired) electrons. The molecule has 1 saturated heterocycles. The minimum Gasteiger partial charge on any atom is -0.360 e. The summed E-state index contributed by atoms with van der Waals surface area (Å²) in [4.78, 5) is 25.0. The quantitative estimate of drug-likeness (QED) is 0.551. The van der Waals surface area contributed by atoms with E-state index in [0.29, 0.717) is 19.2 Å². The summed E-state index contributed by atoms with van der Waals surface area (Å²) in [7, 11) is -4.05. The van der Waals surface area contributed by atoms with E-state index in [2.05, 4.69) is 15.4 Å². The lowest BCUT2D eigenvalue weighted by atomic mass is 10.2. The summed E-state index contributed by atoms with van der Waals surface area (Å²) >= 11 is 0. The molecule has 0 unspecified atom stereocenters. The number of benzene rings is 2. The zero-order valence-electron chi connectivity index (χ0n) is 16.5. The Labute approximate surface area is 178 Å². The Morgan fingerprint density at radius 1 is 1.10 bits per heavy atom. The van der Waals surface area contributed by atoms with Gasteiger partial charge in [-0.3, -0.25) is 9.59 Å². The van der Waals surface area contributed by atoms with Crippen LogP contribution in [0.4, 0.5) is 14.5 Å². The first-order valence-electron chi connectivity index (χ1n) is 9.56.